The van der Waals surface area contributed by atoms with Crippen LogP contribution in [0, 0.1) is 13.8 Å². The third-order valence-electron chi connectivity index (χ3n) is 4.77. The van der Waals surface area contributed by atoms with Crippen LogP contribution in [0.1, 0.15) is 54.1 Å². The van der Waals surface area contributed by atoms with E-state index in [1.165, 1.54) is 18.4 Å². The lowest BCUT2D eigenvalue weighted by Crippen LogP contribution is -2.40. The molecule has 4 heteroatoms. The molecule has 1 aromatic rings. The summed E-state index contributed by atoms with van der Waals surface area (Å²) < 4.78 is 0. The van der Waals surface area contributed by atoms with Crippen molar-refractivity contribution in [3.8, 4) is 0 Å². The summed E-state index contributed by atoms with van der Waals surface area (Å²) in [6.07, 6.45) is 3.04. The molecular formula is C19H28N2O2. The molecule has 1 aliphatic rings. The zero-order valence-corrected chi connectivity index (χ0v) is 14.5. The topological polar surface area (TPSA) is 49.4 Å². The Morgan fingerprint density at radius 1 is 1.13 bits per heavy atom. The summed E-state index contributed by atoms with van der Waals surface area (Å²) in [5.74, 6) is 0.00377. The Morgan fingerprint density at radius 3 is 2.48 bits per heavy atom. The predicted octanol–water partition coefficient (Wildman–Crippen LogP) is 2.87. The first-order valence-corrected chi connectivity index (χ1v) is 8.58. The summed E-state index contributed by atoms with van der Waals surface area (Å²) in [6, 6.07) is 6.08. The number of hydrogen-bond donors (Lipinski definition) is 1. The maximum atomic E-state index is 12.2. The second-order valence-corrected chi connectivity index (χ2v) is 6.62. The number of aryl methyl sites for hydroxylation is 2. The number of benzene rings is 1. The van der Waals surface area contributed by atoms with Crippen LogP contribution in [0.5, 0.6) is 0 Å². The van der Waals surface area contributed by atoms with E-state index in [1.807, 2.05) is 32.0 Å². The first-order chi connectivity index (χ1) is 11.0. The number of nitrogens with one attached hydrogen (secondary N) is 1. The molecule has 0 spiro atoms. The Kier molecular flexibility index (Phi) is 6.34. The van der Waals surface area contributed by atoms with Crippen LogP contribution in [-0.2, 0) is 4.79 Å². The Balaban J connectivity index is 1.72. The van der Waals surface area contributed by atoms with Crippen molar-refractivity contribution in [1.82, 2.24) is 10.2 Å². The van der Waals surface area contributed by atoms with Crippen molar-refractivity contribution in [1.29, 1.82) is 0 Å². The average molecular weight is 316 g/mol. The van der Waals surface area contributed by atoms with Gasteiger partial charge in [-0.05, 0) is 63.9 Å². The van der Waals surface area contributed by atoms with Gasteiger partial charge in [0.1, 0.15) is 0 Å². The van der Waals surface area contributed by atoms with Gasteiger partial charge in [-0.25, -0.2) is 0 Å². The first-order valence-electron chi connectivity index (χ1n) is 8.58. The van der Waals surface area contributed by atoms with Crippen LogP contribution in [0.15, 0.2) is 18.2 Å². The highest BCUT2D eigenvalue weighted by atomic mass is 16.2. The van der Waals surface area contributed by atoms with Crippen molar-refractivity contribution in [3.05, 3.63) is 34.9 Å². The molecule has 0 bridgehead atoms. The fourth-order valence-electron chi connectivity index (χ4n) is 2.95. The van der Waals surface area contributed by atoms with E-state index in [-0.39, 0.29) is 24.5 Å². The maximum absolute atomic E-state index is 12.2. The smallest absolute Gasteiger partial charge is 0.220 e. The number of carbonyl (C=O) groups excluding carboxylic acids is 2. The van der Waals surface area contributed by atoms with Crippen molar-refractivity contribution < 1.29 is 9.59 Å². The van der Waals surface area contributed by atoms with Gasteiger partial charge in [-0.2, -0.15) is 0 Å². The van der Waals surface area contributed by atoms with Gasteiger partial charge in [0.2, 0.25) is 5.91 Å². The summed E-state index contributed by atoms with van der Waals surface area (Å²) in [7, 11) is 0. The largest absolute Gasteiger partial charge is 0.355 e. The summed E-state index contributed by atoms with van der Waals surface area (Å²) in [4.78, 5) is 26.5. The van der Waals surface area contributed by atoms with Crippen molar-refractivity contribution in [2.24, 2.45) is 0 Å². The van der Waals surface area contributed by atoms with E-state index in [2.05, 4.69) is 17.1 Å². The van der Waals surface area contributed by atoms with E-state index in [4.69, 9.17) is 0 Å². The number of Topliss-reactive ketones (excluding diaryl/α,β-unsaturated/α-hetero) is 1. The lowest BCUT2D eigenvalue weighted by atomic mass is 10.0. The maximum Gasteiger partial charge on any atom is 0.220 e. The lowest BCUT2D eigenvalue weighted by Gasteiger charge is -2.23. The number of hydrogen-bond acceptors (Lipinski definition) is 3. The van der Waals surface area contributed by atoms with Gasteiger partial charge in [0.25, 0.3) is 0 Å². The molecule has 0 aliphatic carbocycles. The highest BCUT2D eigenvalue weighted by Gasteiger charge is 2.18. The van der Waals surface area contributed by atoms with Gasteiger partial charge in [0.05, 0.1) is 0 Å². The molecule has 1 aliphatic heterocycles. The average Bonchev–Trinajstić information content (AvgIpc) is 3.07. The SMILES string of the molecule is Cc1ccc(C(=O)CCC(=O)NCC(C)N2CCCC2)cc1C. The van der Waals surface area contributed by atoms with Crippen molar-refractivity contribution >= 4 is 11.7 Å². The van der Waals surface area contributed by atoms with E-state index in [9.17, 15) is 9.59 Å². The quantitative estimate of drug-likeness (QED) is 0.787. The first kappa shape index (κ1) is 17.7. The molecule has 0 aromatic heterocycles. The van der Waals surface area contributed by atoms with E-state index >= 15 is 0 Å². The van der Waals surface area contributed by atoms with Crippen molar-refractivity contribution in [2.45, 2.75) is 52.5 Å². The molecule has 4 nitrogen and oxygen atoms in total. The Bertz CT molecular complexity index is 562. The highest BCUT2D eigenvalue weighted by Crippen LogP contribution is 2.13. The molecule has 2 rings (SSSR count). The molecule has 126 valence electrons. The molecule has 1 heterocycles. The monoisotopic (exact) mass is 316 g/mol. The summed E-state index contributed by atoms with van der Waals surface area (Å²) in [6.45, 7) is 9.09. The van der Waals surface area contributed by atoms with Crippen molar-refractivity contribution in [2.75, 3.05) is 19.6 Å². The molecule has 1 aromatic carbocycles. The number of rotatable bonds is 7. The minimum Gasteiger partial charge on any atom is -0.355 e. The number of nitrogens with zero attached hydrogens (tertiary/aromatic N) is 1. The van der Waals surface area contributed by atoms with Gasteiger partial charge in [-0.3, -0.25) is 14.5 Å². The molecule has 1 unspecified atom stereocenters. The van der Waals surface area contributed by atoms with Gasteiger partial charge in [0.15, 0.2) is 5.78 Å². The van der Waals surface area contributed by atoms with Gasteiger partial charge < -0.3 is 5.32 Å². The second-order valence-electron chi connectivity index (χ2n) is 6.62. The Morgan fingerprint density at radius 2 is 1.83 bits per heavy atom. The Hall–Kier alpha value is -1.68. The molecule has 0 saturated carbocycles. The predicted molar refractivity (Wildman–Crippen MR) is 92.8 cm³/mol. The van der Waals surface area contributed by atoms with Crippen LogP contribution in [0.4, 0.5) is 0 Å². The second kappa shape index (κ2) is 8.25. The van der Waals surface area contributed by atoms with E-state index < -0.39 is 0 Å². The van der Waals surface area contributed by atoms with Crippen LogP contribution >= 0.6 is 0 Å². The minimum atomic E-state index is -0.0340. The van der Waals surface area contributed by atoms with Crippen LogP contribution < -0.4 is 5.32 Å². The fraction of sp³-hybridized carbons (Fsp3) is 0.579. The lowest BCUT2D eigenvalue weighted by molar-refractivity contribution is -0.121. The summed E-state index contributed by atoms with van der Waals surface area (Å²) in [5, 5.41) is 2.95. The molecule has 1 N–H and O–H groups in total. The third-order valence-corrected chi connectivity index (χ3v) is 4.77. The fourth-order valence-corrected chi connectivity index (χ4v) is 2.95. The van der Waals surface area contributed by atoms with Crippen LogP contribution in [-0.4, -0.2) is 42.3 Å². The zero-order valence-electron chi connectivity index (χ0n) is 14.5. The summed E-state index contributed by atoms with van der Waals surface area (Å²) >= 11 is 0. The van der Waals surface area contributed by atoms with Gasteiger partial charge >= 0.3 is 0 Å². The number of carbonyl (C=O) groups is 2. The number of ketones is 1. The molecule has 23 heavy (non-hydrogen) atoms. The minimum absolute atomic E-state index is 0.0340. The zero-order chi connectivity index (χ0) is 16.8. The standard InChI is InChI=1S/C19H28N2O2/c1-14-6-7-17(12-15(14)2)18(22)8-9-19(23)20-13-16(3)21-10-4-5-11-21/h6-7,12,16H,4-5,8-11,13H2,1-3H3,(H,20,23). The van der Waals surface area contributed by atoms with E-state index in [0.717, 1.165) is 18.7 Å². The molecule has 1 amide bonds. The van der Waals surface area contributed by atoms with Crippen LogP contribution in [0.2, 0.25) is 0 Å². The van der Waals surface area contributed by atoms with E-state index in [0.29, 0.717) is 18.2 Å². The molecule has 1 fully saturated rings. The van der Waals surface area contributed by atoms with Crippen LogP contribution in [0.25, 0.3) is 0 Å². The molecule has 0 radical (unpaired) electrons. The molecule has 1 atom stereocenters. The van der Waals surface area contributed by atoms with Gasteiger partial charge in [-0.15, -0.1) is 0 Å². The molecule has 1 saturated heterocycles. The number of amides is 1. The normalized spacial score (nSPS) is 16.3. The van der Waals surface area contributed by atoms with Gasteiger partial charge in [-0.1, -0.05) is 12.1 Å². The van der Waals surface area contributed by atoms with Gasteiger partial charge in [0, 0.05) is 31.0 Å². The molecular weight excluding hydrogens is 288 g/mol. The van der Waals surface area contributed by atoms with Crippen LogP contribution in [0.3, 0.4) is 0 Å². The summed E-state index contributed by atoms with van der Waals surface area (Å²) in [5.41, 5.74) is 2.99. The third kappa shape index (κ3) is 5.17. The van der Waals surface area contributed by atoms with E-state index in [1.54, 1.807) is 0 Å². The Labute approximate surface area is 139 Å². The highest BCUT2D eigenvalue weighted by molar-refractivity contribution is 5.98. The van der Waals surface area contributed by atoms with Crippen molar-refractivity contribution in [3.63, 3.8) is 0 Å². The number of likely N-dealkylation sites (tertiary alicyclic amines) is 1.